The van der Waals surface area contributed by atoms with Crippen molar-refractivity contribution in [2.45, 2.75) is 89.4 Å². The Balaban J connectivity index is 1.37. The highest BCUT2D eigenvalue weighted by atomic mass is 32.1. The molecule has 3 N–H and O–H groups in total. The smallest absolute Gasteiger partial charge is 0.219 e. The molecule has 3 aromatic rings. The van der Waals surface area contributed by atoms with Crippen LogP contribution in [-0.2, 0) is 11.8 Å². The van der Waals surface area contributed by atoms with E-state index >= 15 is 0 Å². The largest absolute Gasteiger partial charge is 0.473 e. The van der Waals surface area contributed by atoms with Crippen LogP contribution in [0.1, 0.15) is 75.1 Å². The van der Waals surface area contributed by atoms with E-state index in [1.54, 1.807) is 0 Å². The molecule has 2 fully saturated rings. The number of fused-ring (bicyclic) bond motifs is 1. The minimum atomic E-state index is -0.476. The van der Waals surface area contributed by atoms with Crippen LogP contribution in [0.5, 0.6) is 5.88 Å². The van der Waals surface area contributed by atoms with Gasteiger partial charge in [0.2, 0.25) is 17.5 Å². The molecule has 6 rings (SSSR count). The number of nitrogens with two attached hydrogens (primary N) is 1. The van der Waals surface area contributed by atoms with E-state index < -0.39 is 5.41 Å². The highest BCUT2D eigenvalue weighted by Gasteiger charge is 2.41. The van der Waals surface area contributed by atoms with Crippen molar-refractivity contribution in [3.8, 4) is 23.5 Å². The molecule has 0 spiro atoms. The average molecular weight is 577 g/mol. The molecule has 3 aromatic heterocycles. The van der Waals surface area contributed by atoms with Crippen molar-refractivity contribution >= 4 is 22.2 Å². The Labute approximate surface area is 245 Å². The van der Waals surface area contributed by atoms with Crippen LogP contribution in [-0.4, -0.2) is 70.9 Å². The van der Waals surface area contributed by atoms with Crippen LogP contribution in [0.25, 0.3) is 11.6 Å². The topological polar surface area (TPSA) is 129 Å². The number of nitrogens with zero attached hydrogens (tertiary/aromatic N) is 6. The van der Waals surface area contributed by atoms with Gasteiger partial charge in [-0.25, -0.2) is 4.98 Å². The monoisotopic (exact) mass is 576 g/mol. The summed E-state index contributed by atoms with van der Waals surface area (Å²) >= 11 is 1.52. The summed E-state index contributed by atoms with van der Waals surface area (Å²) in [5.41, 5.74) is 8.10. The van der Waals surface area contributed by atoms with Crippen molar-refractivity contribution in [1.29, 1.82) is 5.26 Å². The molecule has 5 heterocycles. The lowest BCUT2D eigenvalue weighted by Gasteiger charge is -2.37. The van der Waals surface area contributed by atoms with Gasteiger partial charge in [-0.1, -0.05) is 5.16 Å². The van der Waals surface area contributed by atoms with Gasteiger partial charge in [0, 0.05) is 53.6 Å². The second-order valence-electron chi connectivity index (χ2n) is 12.3. The van der Waals surface area contributed by atoms with Crippen molar-refractivity contribution in [2.75, 3.05) is 37.3 Å². The fourth-order valence-electron chi connectivity index (χ4n) is 7.05. The molecule has 0 bridgehead atoms. The number of likely N-dealkylation sites (tertiary alicyclic amines) is 1. The fourth-order valence-corrected chi connectivity index (χ4v) is 8.24. The Morgan fingerprint density at radius 1 is 1.24 bits per heavy atom. The quantitative estimate of drug-likeness (QED) is 0.437. The van der Waals surface area contributed by atoms with Gasteiger partial charge in [-0.15, -0.1) is 11.3 Å². The van der Waals surface area contributed by atoms with Gasteiger partial charge in [-0.05, 0) is 79.0 Å². The van der Waals surface area contributed by atoms with E-state index in [9.17, 15) is 5.26 Å². The summed E-state index contributed by atoms with van der Waals surface area (Å²) in [4.78, 5) is 15.6. The molecule has 2 aliphatic heterocycles. The molecule has 3 aliphatic rings. The molecule has 0 saturated carbocycles. The fraction of sp³-hybridized carbons (Fsp3) is 0.600. The summed E-state index contributed by atoms with van der Waals surface area (Å²) in [5, 5.41) is 18.6. The number of rotatable bonds is 6. The van der Waals surface area contributed by atoms with E-state index in [4.69, 9.17) is 25.0 Å². The summed E-state index contributed by atoms with van der Waals surface area (Å²) in [6, 6.07) is 7.24. The van der Waals surface area contributed by atoms with Crippen molar-refractivity contribution < 1.29 is 9.26 Å². The summed E-state index contributed by atoms with van der Waals surface area (Å²) < 4.78 is 12.4. The molecule has 0 aromatic carbocycles. The number of hydrogen-bond acceptors (Lipinski definition) is 11. The predicted octanol–water partition coefficient (Wildman–Crippen LogP) is 4.34. The number of nitriles is 1. The molecule has 0 unspecified atom stereocenters. The molecule has 1 aliphatic carbocycles. The lowest BCUT2D eigenvalue weighted by molar-refractivity contribution is 0.117. The zero-order valence-electron chi connectivity index (χ0n) is 24.6. The number of thiophene rings is 1. The van der Waals surface area contributed by atoms with Crippen LogP contribution in [0.3, 0.4) is 0 Å². The van der Waals surface area contributed by atoms with Gasteiger partial charge in [0.15, 0.2) is 0 Å². The SMILES string of the molecule is C[C@H](Oc1cc(N2C[C@H](C)N[C@@H](C)C2)nc(-c2cc([C@@]3(C)CCCc4sc(N)c(C#N)c43)no2)n1)[C@@H]1CCCN1C. The zero-order chi connectivity index (χ0) is 28.9. The molecule has 218 valence electrons. The predicted molar refractivity (Wildman–Crippen MR) is 160 cm³/mol. The second kappa shape index (κ2) is 10.9. The molecular weight excluding hydrogens is 536 g/mol. The number of hydrogen-bond donors (Lipinski definition) is 2. The Kier molecular flexibility index (Phi) is 7.42. The summed E-state index contributed by atoms with van der Waals surface area (Å²) in [5.74, 6) is 2.30. The standard InChI is InChI=1S/C30H40N8O2S/c1-17-15-38(16-18(2)33-17)25-13-26(39-19(3)21-8-7-11-37(21)5)35-29(34-25)22-12-24(36-40-22)30(4)10-6-9-23-27(30)20(14-31)28(32)41-23/h12-13,17-19,21,33H,6-11,15-16,32H2,1-5H3/t17-,18-,19-,21-,30+/m0/s1. The highest BCUT2D eigenvalue weighted by Crippen LogP contribution is 2.49. The number of nitrogen functional groups attached to an aromatic ring is 1. The van der Waals surface area contributed by atoms with Crippen molar-refractivity contribution in [2.24, 2.45) is 0 Å². The number of likely N-dealkylation sites (N-methyl/N-ethyl adjacent to an activating group) is 1. The van der Waals surface area contributed by atoms with Crippen LogP contribution in [0.15, 0.2) is 16.7 Å². The molecule has 11 heteroatoms. The van der Waals surface area contributed by atoms with Crippen LogP contribution in [0, 0.1) is 11.3 Å². The van der Waals surface area contributed by atoms with Gasteiger partial charge in [-0.2, -0.15) is 10.2 Å². The van der Waals surface area contributed by atoms with Gasteiger partial charge in [0.1, 0.15) is 23.0 Å². The Bertz CT molecular complexity index is 1450. The molecule has 10 nitrogen and oxygen atoms in total. The first-order valence-corrected chi connectivity index (χ1v) is 15.5. The average Bonchev–Trinajstić information content (AvgIpc) is 3.67. The molecule has 0 amide bonds. The lowest BCUT2D eigenvalue weighted by Crippen LogP contribution is -2.54. The van der Waals surface area contributed by atoms with E-state index in [1.807, 2.05) is 12.1 Å². The molecule has 41 heavy (non-hydrogen) atoms. The van der Waals surface area contributed by atoms with Crippen LogP contribution < -0.4 is 20.7 Å². The summed E-state index contributed by atoms with van der Waals surface area (Å²) in [7, 11) is 2.16. The number of aromatic nitrogens is 3. The second-order valence-corrected chi connectivity index (χ2v) is 13.4. The van der Waals surface area contributed by atoms with Crippen molar-refractivity contribution in [1.82, 2.24) is 25.3 Å². The zero-order valence-corrected chi connectivity index (χ0v) is 25.4. The van der Waals surface area contributed by atoms with Crippen LogP contribution in [0.4, 0.5) is 10.8 Å². The van der Waals surface area contributed by atoms with Gasteiger partial charge < -0.3 is 25.2 Å². The third-order valence-corrected chi connectivity index (χ3v) is 10.1. The van der Waals surface area contributed by atoms with Crippen LogP contribution >= 0.6 is 11.3 Å². The number of aryl methyl sites for hydroxylation is 1. The summed E-state index contributed by atoms with van der Waals surface area (Å²) in [6.45, 7) is 11.4. The maximum atomic E-state index is 9.90. The number of nitrogens with one attached hydrogen (secondary N) is 1. The van der Waals surface area contributed by atoms with Crippen LogP contribution in [0.2, 0.25) is 0 Å². The molecule has 0 radical (unpaired) electrons. The normalized spacial score (nSPS) is 27.4. The van der Waals surface area contributed by atoms with Crippen molar-refractivity contribution in [3.05, 3.63) is 33.8 Å². The Hall–Kier alpha value is -3.20. The molecule has 5 atom stereocenters. The minimum Gasteiger partial charge on any atom is -0.473 e. The van der Waals surface area contributed by atoms with E-state index in [2.05, 4.69) is 61.1 Å². The molecular formula is C30H40N8O2S. The Morgan fingerprint density at radius 3 is 2.73 bits per heavy atom. The van der Waals surface area contributed by atoms with E-state index in [-0.39, 0.29) is 6.10 Å². The third-order valence-electron chi connectivity index (χ3n) is 9.04. The van der Waals surface area contributed by atoms with E-state index in [1.165, 1.54) is 22.6 Å². The van der Waals surface area contributed by atoms with Crippen molar-refractivity contribution in [3.63, 3.8) is 0 Å². The van der Waals surface area contributed by atoms with Gasteiger partial charge >= 0.3 is 0 Å². The Morgan fingerprint density at radius 2 is 2.02 bits per heavy atom. The van der Waals surface area contributed by atoms with Gasteiger partial charge in [0.25, 0.3) is 0 Å². The number of piperazine rings is 1. The number of anilines is 2. The minimum absolute atomic E-state index is 0.0164. The van der Waals surface area contributed by atoms with Gasteiger partial charge in [-0.3, -0.25) is 4.90 Å². The highest BCUT2D eigenvalue weighted by molar-refractivity contribution is 7.16. The maximum Gasteiger partial charge on any atom is 0.219 e. The first-order chi connectivity index (χ1) is 19.7. The van der Waals surface area contributed by atoms with E-state index in [0.717, 1.165) is 62.4 Å². The summed E-state index contributed by atoms with van der Waals surface area (Å²) in [6.07, 6.45) is 5.04. The lowest BCUT2D eigenvalue weighted by atomic mass is 9.70. The van der Waals surface area contributed by atoms with E-state index in [0.29, 0.717) is 46.2 Å². The first-order valence-electron chi connectivity index (χ1n) is 14.7. The third kappa shape index (κ3) is 5.17. The first kappa shape index (κ1) is 27.9. The number of ether oxygens (including phenoxy) is 1. The molecule has 2 saturated heterocycles. The van der Waals surface area contributed by atoms with Gasteiger partial charge in [0.05, 0.1) is 11.3 Å². The maximum absolute atomic E-state index is 9.90.